The fourth-order valence-electron chi connectivity index (χ4n) is 4.76. The van der Waals surface area contributed by atoms with Gasteiger partial charge in [-0.05, 0) is 56.5 Å². The normalized spacial score (nSPS) is 21.4. The van der Waals surface area contributed by atoms with Crippen molar-refractivity contribution in [2.24, 2.45) is 0 Å². The second kappa shape index (κ2) is 10.1. The van der Waals surface area contributed by atoms with Gasteiger partial charge in [-0.1, -0.05) is 57.3 Å². The molecule has 2 heterocycles. The number of nitrogens with zero attached hydrogens (tertiary/aromatic N) is 2. The molecule has 1 aromatic carbocycles. The summed E-state index contributed by atoms with van der Waals surface area (Å²) in [4.78, 5) is 7.61. The first-order valence-corrected chi connectivity index (χ1v) is 12.2. The number of halogens is 1. The molecule has 1 saturated carbocycles. The molecule has 1 aliphatic carbocycles. The molecule has 2 aromatic rings. The molecule has 0 spiro atoms. The maximum atomic E-state index is 6.11. The Bertz CT molecular complexity index is 722. The van der Waals surface area contributed by atoms with Crippen LogP contribution in [0.2, 0.25) is 5.02 Å². The van der Waals surface area contributed by atoms with E-state index >= 15 is 0 Å². The van der Waals surface area contributed by atoms with E-state index in [-0.39, 0.29) is 5.41 Å². The van der Waals surface area contributed by atoms with Gasteiger partial charge in [0, 0.05) is 28.4 Å². The highest BCUT2D eigenvalue weighted by molar-refractivity contribution is 7.13. The maximum absolute atomic E-state index is 6.11. The van der Waals surface area contributed by atoms with Crippen LogP contribution < -0.4 is 5.32 Å². The molecule has 1 atom stereocenters. The van der Waals surface area contributed by atoms with Gasteiger partial charge < -0.3 is 5.32 Å². The van der Waals surface area contributed by atoms with Gasteiger partial charge >= 0.3 is 0 Å². The summed E-state index contributed by atoms with van der Waals surface area (Å²) in [6.07, 6.45) is 7.54. The summed E-state index contributed by atoms with van der Waals surface area (Å²) >= 11 is 7.87. The van der Waals surface area contributed by atoms with Crippen LogP contribution in [0.25, 0.3) is 0 Å². The zero-order chi connectivity index (χ0) is 20.0. The molecule has 1 unspecified atom stereocenters. The Hall–Kier alpha value is -1.10. The van der Waals surface area contributed by atoms with E-state index in [2.05, 4.69) is 34.7 Å². The van der Waals surface area contributed by atoms with E-state index in [0.717, 1.165) is 23.2 Å². The van der Waals surface area contributed by atoms with E-state index < -0.39 is 0 Å². The van der Waals surface area contributed by atoms with E-state index in [1.807, 2.05) is 26.0 Å². The summed E-state index contributed by atoms with van der Waals surface area (Å²) in [6.45, 7) is 9.66. The van der Waals surface area contributed by atoms with Gasteiger partial charge in [0.15, 0.2) is 5.13 Å². The summed E-state index contributed by atoms with van der Waals surface area (Å²) in [7, 11) is 0. The molecular weight excluding hydrogens is 386 g/mol. The number of nitrogens with one attached hydrogen (secondary N) is 1. The predicted octanol–water partition coefficient (Wildman–Crippen LogP) is 6.58. The smallest absolute Gasteiger partial charge is 0.182 e. The number of hydrogen-bond donors (Lipinski definition) is 1. The number of likely N-dealkylation sites (N-methyl/N-ethyl adjacent to an activating group) is 1. The predicted molar refractivity (Wildman–Crippen MR) is 123 cm³/mol. The Morgan fingerprint density at radius 3 is 2.57 bits per heavy atom. The first-order chi connectivity index (χ1) is 13.7. The Morgan fingerprint density at radius 2 is 1.89 bits per heavy atom. The van der Waals surface area contributed by atoms with Crippen molar-refractivity contribution in [2.75, 3.05) is 25.0 Å². The van der Waals surface area contributed by atoms with Gasteiger partial charge in [0.1, 0.15) is 0 Å². The molecule has 0 bridgehead atoms. The number of hydrogen-bond acceptors (Lipinski definition) is 4. The number of anilines is 1. The van der Waals surface area contributed by atoms with Gasteiger partial charge in [-0.2, -0.15) is 0 Å². The lowest BCUT2D eigenvalue weighted by Crippen LogP contribution is -2.34. The zero-order valence-corrected chi connectivity index (χ0v) is 19.1. The monoisotopic (exact) mass is 419 g/mol. The number of aromatic nitrogens is 1. The SMILES string of the molecule is CC.CCN1CCCC1CNc1nc(C2(c3ccc(Cl)cc3)CCCC2)cs1. The lowest BCUT2D eigenvalue weighted by atomic mass is 9.76. The van der Waals surface area contributed by atoms with Crippen LogP contribution in [0.5, 0.6) is 0 Å². The highest BCUT2D eigenvalue weighted by Crippen LogP contribution is 2.47. The second-order valence-corrected chi connectivity index (χ2v) is 8.93. The largest absolute Gasteiger partial charge is 0.360 e. The van der Waals surface area contributed by atoms with Crippen LogP contribution in [0.15, 0.2) is 29.6 Å². The summed E-state index contributed by atoms with van der Waals surface area (Å²) < 4.78 is 0. The standard InChI is InChI=1S/C21H28ClN3S.C2H6/c1-2-25-13-5-6-18(25)14-23-20-24-19(15-26-20)21(11-3-4-12-21)16-7-9-17(22)10-8-16;1-2/h7-10,15,18H,2-6,11-14H2,1H3,(H,23,24);1-2H3. The van der Waals surface area contributed by atoms with Crippen molar-refractivity contribution in [3.63, 3.8) is 0 Å². The summed E-state index contributed by atoms with van der Waals surface area (Å²) in [5.74, 6) is 0. The highest BCUT2D eigenvalue weighted by atomic mass is 35.5. The molecule has 1 aromatic heterocycles. The minimum atomic E-state index is 0.0732. The lowest BCUT2D eigenvalue weighted by Gasteiger charge is -2.28. The number of rotatable bonds is 6. The first-order valence-electron chi connectivity index (χ1n) is 10.9. The molecule has 2 aliphatic rings. The minimum Gasteiger partial charge on any atom is -0.360 e. The van der Waals surface area contributed by atoms with Crippen molar-refractivity contribution < 1.29 is 0 Å². The summed E-state index contributed by atoms with van der Waals surface area (Å²) in [5, 5.41) is 7.77. The second-order valence-electron chi connectivity index (χ2n) is 7.64. The van der Waals surface area contributed by atoms with E-state index in [1.165, 1.54) is 56.3 Å². The zero-order valence-electron chi connectivity index (χ0n) is 17.5. The molecule has 1 saturated heterocycles. The molecule has 4 rings (SSSR count). The number of benzene rings is 1. The van der Waals surface area contributed by atoms with Crippen LogP contribution >= 0.6 is 22.9 Å². The van der Waals surface area contributed by atoms with Crippen LogP contribution in [-0.4, -0.2) is 35.6 Å². The van der Waals surface area contributed by atoms with Gasteiger partial charge in [-0.15, -0.1) is 11.3 Å². The maximum Gasteiger partial charge on any atom is 0.182 e. The van der Waals surface area contributed by atoms with Crippen LogP contribution in [0, 0.1) is 0 Å². The van der Waals surface area contributed by atoms with E-state index in [0.29, 0.717) is 6.04 Å². The molecule has 2 fully saturated rings. The number of thiazole rings is 1. The molecule has 3 nitrogen and oxygen atoms in total. The van der Waals surface area contributed by atoms with Crippen molar-refractivity contribution in [2.45, 2.75) is 70.8 Å². The Balaban J connectivity index is 0.00000109. The van der Waals surface area contributed by atoms with Gasteiger partial charge in [-0.3, -0.25) is 4.90 Å². The van der Waals surface area contributed by atoms with Gasteiger partial charge in [0.25, 0.3) is 0 Å². The molecule has 28 heavy (non-hydrogen) atoms. The average Bonchev–Trinajstić information content (AvgIpc) is 3.48. The van der Waals surface area contributed by atoms with Gasteiger partial charge in [0.05, 0.1) is 5.69 Å². The topological polar surface area (TPSA) is 28.2 Å². The third-order valence-electron chi connectivity index (χ3n) is 6.24. The van der Waals surface area contributed by atoms with Crippen LogP contribution in [0.4, 0.5) is 5.13 Å². The Morgan fingerprint density at radius 1 is 1.18 bits per heavy atom. The molecule has 0 radical (unpaired) electrons. The van der Waals surface area contributed by atoms with Gasteiger partial charge in [0.2, 0.25) is 0 Å². The van der Waals surface area contributed by atoms with Crippen LogP contribution in [0.3, 0.4) is 0 Å². The number of likely N-dealkylation sites (tertiary alicyclic amines) is 1. The molecule has 0 amide bonds. The Labute approximate surface area is 179 Å². The summed E-state index contributed by atoms with van der Waals surface area (Å²) in [6, 6.07) is 9.07. The molecule has 5 heteroatoms. The van der Waals surface area contributed by atoms with Gasteiger partial charge in [-0.25, -0.2) is 4.98 Å². The lowest BCUT2D eigenvalue weighted by molar-refractivity contribution is 0.277. The molecule has 1 aliphatic heterocycles. The van der Waals surface area contributed by atoms with E-state index in [1.54, 1.807) is 11.3 Å². The van der Waals surface area contributed by atoms with E-state index in [9.17, 15) is 0 Å². The van der Waals surface area contributed by atoms with Crippen molar-refractivity contribution >= 4 is 28.1 Å². The van der Waals surface area contributed by atoms with E-state index in [4.69, 9.17) is 16.6 Å². The van der Waals surface area contributed by atoms with Crippen LogP contribution in [0.1, 0.15) is 70.6 Å². The molecule has 154 valence electrons. The fourth-order valence-corrected chi connectivity index (χ4v) is 5.71. The van der Waals surface area contributed by atoms with Crippen LogP contribution in [-0.2, 0) is 5.41 Å². The quantitative estimate of drug-likeness (QED) is 0.573. The van der Waals surface area contributed by atoms with Crippen molar-refractivity contribution in [1.29, 1.82) is 0 Å². The third-order valence-corrected chi connectivity index (χ3v) is 7.29. The third kappa shape index (κ3) is 4.55. The minimum absolute atomic E-state index is 0.0732. The molecular formula is C23H34ClN3S. The fraction of sp³-hybridized carbons (Fsp3) is 0.609. The van der Waals surface area contributed by atoms with Crippen molar-refractivity contribution in [3.05, 3.63) is 45.9 Å². The molecule has 1 N–H and O–H groups in total. The van der Waals surface area contributed by atoms with Crippen molar-refractivity contribution in [1.82, 2.24) is 9.88 Å². The Kier molecular flexibility index (Phi) is 7.78. The van der Waals surface area contributed by atoms with Crippen molar-refractivity contribution in [3.8, 4) is 0 Å². The highest BCUT2D eigenvalue weighted by Gasteiger charge is 2.39. The average molecular weight is 420 g/mol. The summed E-state index contributed by atoms with van der Waals surface area (Å²) in [5.41, 5.74) is 2.68. The first kappa shape index (κ1) is 21.6.